The molecule has 2 rings (SSSR count). The molecule has 1 aromatic rings. The quantitative estimate of drug-likeness (QED) is 0.896. The van der Waals surface area contributed by atoms with Crippen LogP contribution < -0.4 is 10.2 Å². The molecule has 108 valence electrons. The van der Waals surface area contributed by atoms with Gasteiger partial charge >= 0.3 is 0 Å². The summed E-state index contributed by atoms with van der Waals surface area (Å²) in [5.41, 5.74) is 1.27. The van der Waals surface area contributed by atoms with Gasteiger partial charge in [-0.2, -0.15) is 0 Å². The summed E-state index contributed by atoms with van der Waals surface area (Å²) in [4.78, 5) is 8.70. The van der Waals surface area contributed by atoms with Gasteiger partial charge in [0.25, 0.3) is 0 Å². The maximum absolute atomic E-state index is 4.86. The monoisotopic (exact) mass is 281 g/mol. The molecule has 0 aromatic carbocycles. The molecule has 1 fully saturated rings. The van der Waals surface area contributed by atoms with Gasteiger partial charge in [0.2, 0.25) is 0 Å². The van der Waals surface area contributed by atoms with E-state index in [0.717, 1.165) is 18.9 Å². The summed E-state index contributed by atoms with van der Waals surface area (Å²) >= 11 is 1.86. The lowest BCUT2D eigenvalue weighted by atomic mass is 9.85. The van der Waals surface area contributed by atoms with E-state index in [1.807, 2.05) is 18.4 Å². The van der Waals surface area contributed by atoms with Crippen LogP contribution in [0.2, 0.25) is 0 Å². The molecular weight excluding hydrogens is 254 g/mol. The number of rotatable bonds is 5. The standard InChI is InChI=1S/C15H27N3S/c1-5-12-14(10-16-3)19-15(17-12)18(4)13-9-7-6-8-11(13)2/h11,13,16H,5-10H2,1-4H3. The molecule has 4 heteroatoms. The van der Waals surface area contributed by atoms with E-state index in [1.54, 1.807) is 0 Å². The minimum Gasteiger partial charge on any atom is -0.348 e. The highest BCUT2D eigenvalue weighted by Gasteiger charge is 2.27. The van der Waals surface area contributed by atoms with Crippen LogP contribution in [-0.4, -0.2) is 25.1 Å². The molecular formula is C15H27N3S. The van der Waals surface area contributed by atoms with E-state index >= 15 is 0 Å². The Labute approximate surface area is 121 Å². The number of hydrogen-bond donors (Lipinski definition) is 1. The summed E-state index contributed by atoms with van der Waals surface area (Å²) in [6.07, 6.45) is 6.48. The van der Waals surface area contributed by atoms with E-state index in [4.69, 9.17) is 4.98 Å². The number of aromatic nitrogens is 1. The van der Waals surface area contributed by atoms with Gasteiger partial charge in [-0.3, -0.25) is 0 Å². The fraction of sp³-hybridized carbons (Fsp3) is 0.800. The lowest BCUT2D eigenvalue weighted by Gasteiger charge is -2.36. The minimum absolute atomic E-state index is 0.673. The zero-order valence-corrected chi connectivity index (χ0v) is 13.5. The molecule has 0 radical (unpaired) electrons. The van der Waals surface area contributed by atoms with Crippen molar-refractivity contribution in [2.45, 2.75) is 58.5 Å². The third kappa shape index (κ3) is 3.29. The Morgan fingerprint density at radius 1 is 1.37 bits per heavy atom. The highest BCUT2D eigenvalue weighted by Crippen LogP contribution is 2.33. The second kappa shape index (κ2) is 6.71. The number of nitrogens with one attached hydrogen (secondary N) is 1. The van der Waals surface area contributed by atoms with Gasteiger partial charge in [-0.25, -0.2) is 4.98 Å². The third-order valence-electron chi connectivity index (χ3n) is 4.30. The lowest BCUT2D eigenvalue weighted by Crippen LogP contribution is -2.38. The maximum atomic E-state index is 4.86. The average molecular weight is 281 g/mol. The van der Waals surface area contributed by atoms with E-state index in [2.05, 4.69) is 31.1 Å². The molecule has 1 aromatic heterocycles. The van der Waals surface area contributed by atoms with Crippen LogP contribution in [0, 0.1) is 5.92 Å². The molecule has 2 unspecified atom stereocenters. The SMILES string of the molecule is CCc1nc(N(C)C2CCCCC2C)sc1CNC. The van der Waals surface area contributed by atoms with Crippen LogP contribution in [0.4, 0.5) is 5.13 Å². The highest BCUT2D eigenvalue weighted by atomic mass is 32.1. The molecule has 0 spiro atoms. The Morgan fingerprint density at radius 3 is 2.74 bits per heavy atom. The molecule has 1 heterocycles. The van der Waals surface area contributed by atoms with Gasteiger partial charge in [-0.15, -0.1) is 11.3 Å². The van der Waals surface area contributed by atoms with Crippen LogP contribution in [0.1, 0.15) is 50.1 Å². The molecule has 0 saturated heterocycles. The van der Waals surface area contributed by atoms with Gasteiger partial charge in [0.1, 0.15) is 0 Å². The van der Waals surface area contributed by atoms with Crippen molar-refractivity contribution in [2.75, 3.05) is 19.0 Å². The summed E-state index contributed by atoms with van der Waals surface area (Å²) in [5.74, 6) is 0.792. The van der Waals surface area contributed by atoms with Crippen molar-refractivity contribution in [1.29, 1.82) is 0 Å². The predicted octanol–water partition coefficient (Wildman–Crippen LogP) is 3.44. The largest absolute Gasteiger partial charge is 0.348 e. The van der Waals surface area contributed by atoms with Gasteiger partial charge in [0.05, 0.1) is 5.69 Å². The molecule has 1 aliphatic carbocycles. The zero-order valence-electron chi connectivity index (χ0n) is 12.7. The molecule has 1 aliphatic rings. The van der Waals surface area contributed by atoms with Crippen LogP contribution >= 0.6 is 11.3 Å². The number of hydrogen-bond acceptors (Lipinski definition) is 4. The average Bonchev–Trinajstić information content (AvgIpc) is 2.82. The number of anilines is 1. The fourth-order valence-electron chi connectivity index (χ4n) is 3.11. The van der Waals surface area contributed by atoms with Gasteiger partial charge < -0.3 is 10.2 Å². The highest BCUT2D eigenvalue weighted by molar-refractivity contribution is 7.15. The number of thiazole rings is 1. The van der Waals surface area contributed by atoms with E-state index in [9.17, 15) is 0 Å². The Morgan fingerprint density at radius 2 is 2.11 bits per heavy atom. The molecule has 2 atom stereocenters. The molecule has 0 bridgehead atoms. The molecule has 1 N–H and O–H groups in total. The van der Waals surface area contributed by atoms with Gasteiger partial charge in [-0.1, -0.05) is 26.7 Å². The van der Waals surface area contributed by atoms with Crippen molar-refractivity contribution in [1.82, 2.24) is 10.3 Å². The molecule has 0 aliphatic heterocycles. The van der Waals surface area contributed by atoms with Crippen LogP contribution in [0.15, 0.2) is 0 Å². The van der Waals surface area contributed by atoms with Crippen LogP contribution in [-0.2, 0) is 13.0 Å². The lowest BCUT2D eigenvalue weighted by molar-refractivity contribution is 0.321. The Bertz CT molecular complexity index is 402. The first-order valence-corrected chi connectivity index (χ1v) is 8.35. The summed E-state index contributed by atoms with van der Waals surface area (Å²) in [6, 6.07) is 0.673. The van der Waals surface area contributed by atoms with Crippen molar-refractivity contribution >= 4 is 16.5 Å². The summed E-state index contributed by atoms with van der Waals surface area (Å²) in [7, 11) is 4.24. The van der Waals surface area contributed by atoms with Gasteiger partial charge in [-0.05, 0) is 32.2 Å². The Balaban J connectivity index is 2.15. The third-order valence-corrected chi connectivity index (χ3v) is 5.49. The smallest absolute Gasteiger partial charge is 0.185 e. The van der Waals surface area contributed by atoms with Crippen LogP contribution in [0.25, 0.3) is 0 Å². The zero-order chi connectivity index (χ0) is 13.8. The van der Waals surface area contributed by atoms with Crippen molar-refractivity contribution < 1.29 is 0 Å². The van der Waals surface area contributed by atoms with E-state index in [0.29, 0.717) is 6.04 Å². The first-order chi connectivity index (χ1) is 9.17. The minimum atomic E-state index is 0.673. The molecule has 0 amide bonds. The first kappa shape index (κ1) is 14.8. The maximum Gasteiger partial charge on any atom is 0.185 e. The Hall–Kier alpha value is -0.610. The van der Waals surface area contributed by atoms with Gasteiger partial charge in [0.15, 0.2) is 5.13 Å². The van der Waals surface area contributed by atoms with Crippen molar-refractivity contribution in [2.24, 2.45) is 5.92 Å². The van der Waals surface area contributed by atoms with Crippen molar-refractivity contribution in [3.8, 4) is 0 Å². The fourth-order valence-corrected chi connectivity index (χ4v) is 4.29. The first-order valence-electron chi connectivity index (χ1n) is 7.53. The second-order valence-electron chi connectivity index (χ2n) is 5.69. The Kier molecular flexibility index (Phi) is 5.22. The summed E-state index contributed by atoms with van der Waals surface area (Å²) < 4.78 is 0. The normalized spacial score (nSPS) is 23.6. The second-order valence-corrected chi connectivity index (χ2v) is 6.75. The van der Waals surface area contributed by atoms with E-state index < -0.39 is 0 Å². The molecule has 3 nitrogen and oxygen atoms in total. The van der Waals surface area contributed by atoms with E-state index in [-0.39, 0.29) is 0 Å². The summed E-state index contributed by atoms with van der Waals surface area (Å²) in [6.45, 7) is 5.53. The predicted molar refractivity (Wildman–Crippen MR) is 84.1 cm³/mol. The van der Waals surface area contributed by atoms with Crippen molar-refractivity contribution in [3.05, 3.63) is 10.6 Å². The number of aryl methyl sites for hydroxylation is 1. The van der Waals surface area contributed by atoms with Crippen LogP contribution in [0.3, 0.4) is 0 Å². The van der Waals surface area contributed by atoms with Gasteiger partial charge in [0, 0.05) is 24.5 Å². The van der Waals surface area contributed by atoms with E-state index in [1.165, 1.54) is 41.4 Å². The van der Waals surface area contributed by atoms with Crippen molar-refractivity contribution in [3.63, 3.8) is 0 Å². The van der Waals surface area contributed by atoms with Crippen LogP contribution in [0.5, 0.6) is 0 Å². The molecule has 1 saturated carbocycles. The number of nitrogens with zero attached hydrogens (tertiary/aromatic N) is 2. The molecule has 19 heavy (non-hydrogen) atoms. The topological polar surface area (TPSA) is 28.2 Å². The summed E-state index contributed by atoms with van der Waals surface area (Å²) in [5, 5.41) is 4.46.